The summed E-state index contributed by atoms with van der Waals surface area (Å²) in [6.07, 6.45) is 1.35. The van der Waals surface area contributed by atoms with Crippen molar-refractivity contribution in [2.75, 3.05) is 12.9 Å². The molecule has 1 heterocycles. The molecule has 2 aromatic carbocycles. The molecule has 0 aliphatic heterocycles. The van der Waals surface area contributed by atoms with Gasteiger partial charge in [-0.05, 0) is 24.3 Å². The number of carbonyl (C=O) groups excluding carboxylic acids is 1. The number of methoxy groups -OCH3 is 1. The van der Waals surface area contributed by atoms with Gasteiger partial charge in [0.1, 0.15) is 11.5 Å². The van der Waals surface area contributed by atoms with E-state index in [4.69, 9.17) is 4.74 Å². The average molecular weight is 476 g/mol. The van der Waals surface area contributed by atoms with Crippen LogP contribution in [0.25, 0.3) is 11.4 Å². The Balaban J connectivity index is 1.58. The minimum absolute atomic E-state index is 0.0388. The molecule has 0 saturated heterocycles. The van der Waals surface area contributed by atoms with E-state index >= 15 is 0 Å². The topological polar surface area (TPSA) is 102 Å². The van der Waals surface area contributed by atoms with Gasteiger partial charge in [-0.25, -0.2) is 5.43 Å². The van der Waals surface area contributed by atoms with Gasteiger partial charge < -0.3 is 14.4 Å². The molecule has 0 spiro atoms. The highest BCUT2D eigenvalue weighted by atomic mass is 79.9. The molecule has 0 saturated carbocycles. The molecule has 150 valence electrons. The fourth-order valence-corrected chi connectivity index (χ4v) is 3.58. The number of hydrogen-bond donors (Lipinski definition) is 2. The Hall–Kier alpha value is -2.85. The molecule has 0 radical (unpaired) electrons. The zero-order valence-electron chi connectivity index (χ0n) is 15.7. The predicted molar refractivity (Wildman–Crippen MR) is 115 cm³/mol. The minimum atomic E-state index is -0.306. The third-order valence-corrected chi connectivity index (χ3v) is 5.62. The summed E-state index contributed by atoms with van der Waals surface area (Å²) in [6, 6.07) is 12.5. The summed E-state index contributed by atoms with van der Waals surface area (Å²) >= 11 is 4.76. The van der Waals surface area contributed by atoms with Crippen molar-refractivity contribution >= 4 is 39.8 Å². The summed E-state index contributed by atoms with van der Waals surface area (Å²) in [5, 5.41) is 22.7. The van der Waals surface area contributed by atoms with Gasteiger partial charge in [-0.1, -0.05) is 45.9 Å². The van der Waals surface area contributed by atoms with Crippen LogP contribution in [0.15, 0.2) is 57.2 Å². The van der Waals surface area contributed by atoms with Crippen LogP contribution in [-0.2, 0) is 11.8 Å². The molecule has 0 atom stereocenters. The number of thioether (sulfide) groups is 1. The number of aromatic hydroxyl groups is 1. The quantitative estimate of drug-likeness (QED) is 0.309. The number of nitrogens with one attached hydrogen (secondary N) is 1. The molecule has 3 rings (SSSR count). The number of halogens is 1. The van der Waals surface area contributed by atoms with Crippen molar-refractivity contribution in [2.45, 2.75) is 5.16 Å². The molecule has 1 amide bonds. The first-order chi connectivity index (χ1) is 14.0. The predicted octanol–water partition coefficient (Wildman–Crippen LogP) is 3.20. The lowest BCUT2D eigenvalue weighted by atomic mass is 10.2. The van der Waals surface area contributed by atoms with Gasteiger partial charge in [-0.15, -0.1) is 10.2 Å². The van der Waals surface area contributed by atoms with Gasteiger partial charge in [0.25, 0.3) is 5.91 Å². The van der Waals surface area contributed by atoms with E-state index < -0.39 is 0 Å². The molecule has 8 nitrogen and oxygen atoms in total. The van der Waals surface area contributed by atoms with E-state index in [2.05, 4.69) is 36.7 Å². The van der Waals surface area contributed by atoms with Gasteiger partial charge in [0.05, 0.1) is 19.1 Å². The van der Waals surface area contributed by atoms with Crippen LogP contribution in [0.4, 0.5) is 0 Å². The fraction of sp³-hybridized carbons (Fsp3) is 0.158. The van der Waals surface area contributed by atoms with Crippen molar-refractivity contribution in [3.63, 3.8) is 0 Å². The van der Waals surface area contributed by atoms with E-state index in [0.29, 0.717) is 22.3 Å². The lowest BCUT2D eigenvalue weighted by Gasteiger charge is -2.05. The Kier molecular flexibility index (Phi) is 6.89. The Morgan fingerprint density at radius 3 is 2.90 bits per heavy atom. The van der Waals surface area contributed by atoms with Crippen LogP contribution >= 0.6 is 27.7 Å². The van der Waals surface area contributed by atoms with Gasteiger partial charge in [0.2, 0.25) is 0 Å². The number of carbonyl (C=O) groups is 1. The van der Waals surface area contributed by atoms with Crippen molar-refractivity contribution in [3.8, 4) is 22.9 Å². The van der Waals surface area contributed by atoms with Gasteiger partial charge in [-0.2, -0.15) is 5.10 Å². The lowest BCUT2D eigenvalue weighted by molar-refractivity contribution is -0.118. The Morgan fingerprint density at radius 1 is 1.34 bits per heavy atom. The van der Waals surface area contributed by atoms with Crippen molar-refractivity contribution in [1.29, 1.82) is 0 Å². The van der Waals surface area contributed by atoms with Gasteiger partial charge in [0.15, 0.2) is 11.0 Å². The third-order valence-electron chi connectivity index (χ3n) is 3.91. The summed E-state index contributed by atoms with van der Waals surface area (Å²) in [5.41, 5.74) is 3.78. The molecule has 0 fully saturated rings. The van der Waals surface area contributed by atoms with Gasteiger partial charge >= 0.3 is 0 Å². The first-order valence-corrected chi connectivity index (χ1v) is 10.2. The number of aromatic nitrogens is 3. The number of hydrogen-bond acceptors (Lipinski definition) is 7. The highest BCUT2D eigenvalue weighted by Gasteiger charge is 2.14. The van der Waals surface area contributed by atoms with Crippen LogP contribution in [0.3, 0.4) is 0 Å². The first-order valence-electron chi connectivity index (χ1n) is 8.45. The number of phenols is 1. The van der Waals surface area contributed by atoms with Gasteiger partial charge in [0, 0.05) is 22.6 Å². The number of benzene rings is 2. The molecule has 0 unspecified atom stereocenters. The van der Waals surface area contributed by atoms with Crippen LogP contribution in [0.1, 0.15) is 5.56 Å². The van der Waals surface area contributed by atoms with Crippen LogP contribution in [-0.4, -0.2) is 44.9 Å². The minimum Gasteiger partial charge on any atom is -0.507 e. The Bertz CT molecular complexity index is 1050. The highest BCUT2D eigenvalue weighted by molar-refractivity contribution is 9.10. The molecular weight excluding hydrogens is 458 g/mol. The lowest BCUT2D eigenvalue weighted by Crippen LogP contribution is -2.19. The second kappa shape index (κ2) is 9.57. The van der Waals surface area contributed by atoms with Crippen molar-refractivity contribution in [1.82, 2.24) is 20.2 Å². The smallest absolute Gasteiger partial charge is 0.250 e. The van der Waals surface area contributed by atoms with E-state index in [1.807, 2.05) is 35.9 Å². The summed E-state index contributed by atoms with van der Waals surface area (Å²) in [5.74, 6) is 1.13. The normalized spacial score (nSPS) is 11.0. The molecule has 1 aromatic heterocycles. The maximum atomic E-state index is 12.1. The van der Waals surface area contributed by atoms with Crippen LogP contribution < -0.4 is 10.2 Å². The van der Waals surface area contributed by atoms with Crippen LogP contribution in [0.5, 0.6) is 11.5 Å². The molecule has 0 aliphatic rings. The van der Waals surface area contributed by atoms with E-state index in [-0.39, 0.29) is 17.4 Å². The first kappa shape index (κ1) is 20.9. The average Bonchev–Trinajstić information content (AvgIpc) is 3.08. The second-order valence-corrected chi connectivity index (χ2v) is 7.65. The zero-order valence-corrected chi connectivity index (χ0v) is 18.1. The Morgan fingerprint density at radius 2 is 2.14 bits per heavy atom. The number of hydrazone groups is 1. The molecule has 0 bridgehead atoms. The highest BCUT2D eigenvalue weighted by Crippen LogP contribution is 2.28. The zero-order chi connectivity index (χ0) is 20.8. The van der Waals surface area contributed by atoms with Crippen molar-refractivity contribution < 1.29 is 14.6 Å². The van der Waals surface area contributed by atoms with E-state index in [9.17, 15) is 9.90 Å². The number of rotatable bonds is 7. The van der Waals surface area contributed by atoms with Crippen LogP contribution in [0.2, 0.25) is 0 Å². The van der Waals surface area contributed by atoms with Crippen LogP contribution in [0, 0.1) is 0 Å². The molecular formula is C19H18BrN5O3S. The van der Waals surface area contributed by atoms with E-state index in [1.165, 1.54) is 31.2 Å². The van der Waals surface area contributed by atoms with Crippen molar-refractivity contribution in [2.24, 2.45) is 12.1 Å². The summed E-state index contributed by atoms with van der Waals surface area (Å²) in [4.78, 5) is 12.1. The number of nitrogens with zero attached hydrogens (tertiary/aromatic N) is 4. The maximum absolute atomic E-state index is 12.1. The summed E-state index contributed by atoms with van der Waals surface area (Å²) in [6.45, 7) is 0. The molecule has 10 heteroatoms. The molecule has 0 aliphatic carbocycles. The summed E-state index contributed by atoms with van der Waals surface area (Å²) in [7, 11) is 3.37. The van der Waals surface area contributed by atoms with Gasteiger partial charge in [-0.3, -0.25) is 4.79 Å². The van der Waals surface area contributed by atoms with E-state index in [1.54, 1.807) is 12.1 Å². The number of phenolic OH excluding ortho intramolecular Hbond substituents is 1. The number of ether oxygens (including phenoxy) is 1. The second-order valence-electron chi connectivity index (χ2n) is 5.85. The fourth-order valence-electron chi connectivity index (χ4n) is 2.42. The molecule has 29 heavy (non-hydrogen) atoms. The molecule has 2 N–H and O–H groups in total. The summed E-state index contributed by atoms with van der Waals surface area (Å²) < 4.78 is 7.84. The Labute approximate surface area is 180 Å². The maximum Gasteiger partial charge on any atom is 0.250 e. The number of amides is 1. The van der Waals surface area contributed by atoms with E-state index in [0.717, 1.165) is 10.0 Å². The molecule has 3 aromatic rings. The SMILES string of the molecule is COc1ccc(O)c(/C=N\NC(=O)CSc2nnc(-c3ccccc3Br)n2C)c1. The van der Waals surface area contributed by atoms with Crippen molar-refractivity contribution in [3.05, 3.63) is 52.5 Å². The standard InChI is InChI=1S/C19H18BrN5O3S/c1-25-18(14-5-3-4-6-15(14)20)23-24-19(25)29-11-17(27)22-21-10-12-9-13(28-2)7-8-16(12)26/h3-10,26H,11H2,1-2H3,(H,22,27)/b21-10-. The third kappa shape index (κ3) is 5.15. The largest absolute Gasteiger partial charge is 0.507 e. The monoisotopic (exact) mass is 475 g/mol.